The number of para-hydroxylation sites is 3. The summed E-state index contributed by atoms with van der Waals surface area (Å²) in [5.74, 6) is 0. The minimum atomic E-state index is 0.943. The van der Waals surface area contributed by atoms with Crippen LogP contribution in [0.3, 0.4) is 0 Å². The van der Waals surface area contributed by atoms with E-state index in [2.05, 4.69) is 205 Å². The fourth-order valence-electron chi connectivity index (χ4n) is 6.55. The topological polar surface area (TPSA) is 6.48 Å². The maximum Gasteiger partial charge on any atom is 0.0467 e. The Morgan fingerprint density at radius 3 is 1.34 bits per heavy atom. The summed E-state index contributed by atoms with van der Waals surface area (Å²) < 4.78 is 0. The molecule has 0 unspecified atom stereocenters. The second-order valence-electron chi connectivity index (χ2n) is 11.9. The van der Waals surface area contributed by atoms with Gasteiger partial charge in [-0.05, 0) is 106 Å². The number of anilines is 5. The SMILES string of the molecule is C=C/C=C(\C=C)N(c1ccccc1)c1cccc(-c2cccc(-c3cccc(N(c4ccccc4)c4ccccc4)c3)c2-c2ccccc2)c1. The molecule has 0 aromatic heterocycles. The Bertz CT molecular complexity index is 2200. The van der Waals surface area contributed by atoms with Gasteiger partial charge in [0.2, 0.25) is 0 Å². The standard InChI is InChI=1S/C48H38N2/c1-3-20-40(4-2)49(41-25-11-6-12-26-41)44-31-17-23-38(35-44)46-33-19-34-47(48(46)37-21-9-5-10-22-37)39-24-18-32-45(36-39)50(42-27-13-7-14-28-42)43-29-15-8-16-30-43/h3-36H,1-2H2/b40-20+. The summed E-state index contributed by atoms with van der Waals surface area (Å²) in [5, 5.41) is 0. The molecular formula is C48H38N2. The Morgan fingerprint density at radius 1 is 0.400 bits per heavy atom. The molecule has 0 aliphatic heterocycles. The van der Waals surface area contributed by atoms with Crippen LogP contribution >= 0.6 is 0 Å². The van der Waals surface area contributed by atoms with Crippen LogP contribution in [-0.4, -0.2) is 0 Å². The lowest BCUT2D eigenvalue weighted by atomic mass is 9.87. The van der Waals surface area contributed by atoms with Crippen molar-refractivity contribution in [2.24, 2.45) is 0 Å². The van der Waals surface area contributed by atoms with Crippen molar-refractivity contribution in [2.45, 2.75) is 0 Å². The zero-order chi connectivity index (χ0) is 34.1. The van der Waals surface area contributed by atoms with Gasteiger partial charge in [0.15, 0.2) is 0 Å². The Labute approximate surface area is 295 Å². The van der Waals surface area contributed by atoms with Crippen LogP contribution in [-0.2, 0) is 0 Å². The summed E-state index contributed by atoms with van der Waals surface area (Å²) in [4.78, 5) is 4.53. The molecule has 0 aliphatic rings. The van der Waals surface area contributed by atoms with Gasteiger partial charge in [-0.15, -0.1) is 0 Å². The third-order valence-electron chi connectivity index (χ3n) is 8.76. The lowest BCUT2D eigenvalue weighted by Gasteiger charge is -2.27. The molecule has 0 amide bonds. The zero-order valence-corrected chi connectivity index (χ0v) is 27.9. The van der Waals surface area contributed by atoms with Crippen LogP contribution in [0.5, 0.6) is 0 Å². The molecule has 2 heteroatoms. The van der Waals surface area contributed by atoms with Crippen LogP contribution in [0.4, 0.5) is 28.4 Å². The Balaban J connectivity index is 1.40. The average molecular weight is 643 g/mol. The minimum Gasteiger partial charge on any atom is -0.311 e. The van der Waals surface area contributed by atoms with Crippen molar-refractivity contribution >= 4 is 28.4 Å². The van der Waals surface area contributed by atoms with Gasteiger partial charge in [-0.25, -0.2) is 0 Å². The normalized spacial score (nSPS) is 11.1. The Kier molecular flexibility index (Phi) is 9.62. The van der Waals surface area contributed by atoms with Crippen molar-refractivity contribution in [1.82, 2.24) is 0 Å². The second-order valence-corrected chi connectivity index (χ2v) is 11.9. The molecule has 7 rings (SSSR count). The molecule has 240 valence electrons. The summed E-state index contributed by atoms with van der Waals surface area (Å²) in [5.41, 5.74) is 13.3. The van der Waals surface area contributed by atoms with Gasteiger partial charge in [0.1, 0.15) is 0 Å². The second kappa shape index (κ2) is 15.1. The molecule has 0 radical (unpaired) electrons. The van der Waals surface area contributed by atoms with Crippen molar-refractivity contribution in [3.8, 4) is 33.4 Å². The van der Waals surface area contributed by atoms with Gasteiger partial charge >= 0.3 is 0 Å². The number of allylic oxidation sites excluding steroid dienone is 3. The van der Waals surface area contributed by atoms with Crippen molar-refractivity contribution < 1.29 is 0 Å². The molecule has 0 N–H and O–H groups in total. The monoisotopic (exact) mass is 642 g/mol. The van der Waals surface area contributed by atoms with Crippen LogP contribution in [0.25, 0.3) is 33.4 Å². The maximum atomic E-state index is 4.13. The number of hydrogen-bond acceptors (Lipinski definition) is 2. The van der Waals surface area contributed by atoms with E-state index < -0.39 is 0 Å². The molecule has 0 bridgehead atoms. The fourth-order valence-corrected chi connectivity index (χ4v) is 6.55. The molecule has 0 spiro atoms. The lowest BCUT2D eigenvalue weighted by molar-refractivity contribution is 1.21. The molecule has 0 saturated heterocycles. The predicted octanol–water partition coefficient (Wildman–Crippen LogP) is 13.6. The number of benzene rings is 7. The van der Waals surface area contributed by atoms with E-state index >= 15 is 0 Å². The Morgan fingerprint density at radius 2 is 0.820 bits per heavy atom. The highest BCUT2D eigenvalue weighted by Crippen LogP contribution is 2.43. The Hall–Kier alpha value is -6.64. The van der Waals surface area contributed by atoms with Gasteiger partial charge in [-0.2, -0.15) is 0 Å². The minimum absolute atomic E-state index is 0.943. The fraction of sp³-hybridized carbons (Fsp3) is 0. The molecule has 0 aliphatic carbocycles. The van der Waals surface area contributed by atoms with E-state index in [1.807, 2.05) is 18.2 Å². The summed E-state index contributed by atoms with van der Waals surface area (Å²) in [6.45, 7) is 8.09. The van der Waals surface area contributed by atoms with Gasteiger partial charge in [0.25, 0.3) is 0 Å². The smallest absolute Gasteiger partial charge is 0.0467 e. The summed E-state index contributed by atoms with van der Waals surface area (Å²) in [6.07, 6.45) is 5.67. The first-order chi connectivity index (χ1) is 24.7. The predicted molar refractivity (Wildman–Crippen MR) is 214 cm³/mol. The van der Waals surface area contributed by atoms with E-state index in [-0.39, 0.29) is 0 Å². The summed E-state index contributed by atoms with van der Waals surface area (Å²) >= 11 is 0. The number of rotatable bonds is 11. The van der Waals surface area contributed by atoms with E-state index in [9.17, 15) is 0 Å². The molecule has 7 aromatic rings. The van der Waals surface area contributed by atoms with Gasteiger partial charge in [0.05, 0.1) is 0 Å². The van der Waals surface area contributed by atoms with Crippen LogP contribution < -0.4 is 9.80 Å². The molecule has 7 aromatic carbocycles. The third-order valence-corrected chi connectivity index (χ3v) is 8.76. The van der Waals surface area contributed by atoms with E-state index in [1.54, 1.807) is 6.08 Å². The lowest BCUT2D eigenvalue weighted by Crippen LogP contribution is -2.14. The van der Waals surface area contributed by atoms with Crippen molar-refractivity contribution in [3.05, 3.63) is 225 Å². The molecule has 0 heterocycles. The highest BCUT2D eigenvalue weighted by Gasteiger charge is 2.19. The van der Waals surface area contributed by atoms with Crippen molar-refractivity contribution in [1.29, 1.82) is 0 Å². The van der Waals surface area contributed by atoms with Crippen molar-refractivity contribution in [2.75, 3.05) is 9.80 Å². The summed E-state index contributed by atoms with van der Waals surface area (Å²) in [7, 11) is 0. The van der Waals surface area contributed by atoms with Crippen LogP contribution in [0.2, 0.25) is 0 Å². The average Bonchev–Trinajstić information content (AvgIpc) is 3.19. The van der Waals surface area contributed by atoms with Gasteiger partial charge < -0.3 is 9.80 Å². The molecule has 0 atom stereocenters. The third kappa shape index (κ3) is 6.69. The first kappa shape index (κ1) is 31.9. The largest absolute Gasteiger partial charge is 0.311 e. The van der Waals surface area contributed by atoms with Crippen molar-refractivity contribution in [3.63, 3.8) is 0 Å². The molecule has 50 heavy (non-hydrogen) atoms. The summed E-state index contributed by atoms with van der Waals surface area (Å²) in [6, 6.07) is 66.4. The molecular weight excluding hydrogens is 605 g/mol. The highest BCUT2D eigenvalue weighted by atomic mass is 15.1. The van der Waals surface area contributed by atoms with E-state index in [1.165, 1.54) is 11.1 Å². The first-order valence-corrected chi connectivity index (χ1v) is 16.8. The van der Waals surface area contributed by atoms with E-state index in [0.29, 0.717) is 0 Å². The van der Waals surface area contributed by atoms with E-state index in [0.717, 1.165) is 56.4 Å². The maximum absolute atomic E-state index is 4.13. The van der Waals surface area contributed by atoms with Crippen LogP contribution in [0.1, 0.15) is 0 Å². The van der Waals surface area contributed by atoms with Crippen LogP contribution in [0, 0.1) is 0 Å². The molecule has 0 saturated carbocycles. The first-order valence-electron chi connectivity index (χ1n) is 16.8. The van der Waals surface area contributed by atoms with Gasteiger partial charge in [-0.1, -0.05) is 147 Å². The number of hydrogen-bond donors (Lipinski definition) is 0. The number of nitrogens with zero attached hydrogens (tertiary/aromatic N) is 2. The molecule has 2 nitrogen and oxygen atoms in total. The van der Waals surface area contributed by atoms with Gasteiger partial charge in [0, 0.05) is 34.1 Å². The van der Waals surface area contributed by atoms with Gasteiger partial charge in [-0.3, -0.25) is 0 Å². The van der Waals surface area contributed by atoms with E-state index in [4.69, 9.17) is 0 Å². The molecule has 0 fully saturated rings. The quantitative estimate of drug-likeness (QED) is 0.130. The zero-order valence-electron chi connectivity index (χ0n) is 27.9. The van der Waals surface area contributed by atoms with Crippen LogP contribution in [0.15, 0.2) is 225 Å². The highest BCUT2D eigenvalue weighted by molar-refractivity contribution is 5.96.